The van der Waals surface area contributed by atoms with Crippen molar-refractivity contribution in [2.45, 2.75) is 25.3 Å². The summed E-state index contributed by atoms with van der Waals surface area (Å²) in [4.78, 5) is 17.8. The van der Waals surface area contributed by atoms with Crippen LogP contribution in [-0.4, -0.2) is 25.9 Å². The summed E-state index contributed by atoms with van der Waals surface area (Å²) in [6, 6.07) is 8.28. The molecule has 3 rings (SSSR count). The molecule has 1 aromatic carbocycles. The Hall–Kier alpha value is -2.49. The number of sulfonamides is 1. The maximum absolute atomic E-state index is 12.5. The van der Waals surface area contributed by atoms with Crippen molar-refractivity contribution in [1.29, 1.82) is 0 Å². The van der Waals surface area contributed by atoms with Gasteiger partial charge < -0.3 is 9.73 Å². The summed E-state index contributed by atoms with van der Waals surface area (Å²) in [5, 5.41) is 4.68. The van der Waals surface area contributed by atoms with Crippen molar-refractivity contribution in [3.05, 3.63) is 58.8 Å². The highest BCUT2D eigenvalue weighted by molar-refractivity contribution is 7.89. The van der Waals surface area contributed by atoms with Gasteiger partial charge in [-0.05, 0) is 36.1 Å². The summed E-state index contributed by atoms with van der Waals surface area (Å²) in [5.74, 6) is 0.130. The van der Waals surface area contributed by atoms with Gasteiger partial charge in [-0.15, -0.1) is 11.3 Å². The standard InChI is InChI=1S/C18H19N3O4S2/c1-3-20-27(23,24)14-7-6-12(2)15(9-14)17(22)19-10-13-11-25-18(21-13)16-5-4-8-26-16/h4-9,11,20H,3,10H2,1-2H3,(H,19,22). The number of hydrogen-bond acceptors (Lipinski definition) is 6. The summed E-state index contributed by atoms with van der Waals surface area (Å²) in [5.41, 5.74) is 1.57. The van der Waals surface area contributed by atoms with E-state index in [9.17, 15) is 13.2 Å². The van der Waals surface area contributed by atoms with E-state index < -0.39 is 10.0 Å². The average molecular weight is 406 g/mol. The molecule has 142 valence electrons. The van der Waals surface area contributed by atoms with Gasteiger partial charge in [-0.1, -0.05) is 19.1 Å². The first-order chi connectivity index (χ1) is 12.9. The monoisotopic (exact) mass is 405 g/mol. The van der Waals surface area contributed by atoms with Gasteiger partial charge in [-0.25, -0.2) is 18.1 Å². The quantitative estimate of drug-likeness (QED) is 0.629. The maximum Gasteiger partial charge on any atom is 0.251 e. The first-order valence-electron chi connectivity index (χ1n) is 8.27. The normalized spacial score (nSPS) is 11.5. The van der Waals surface area contributed by atoms with Crippen LogP contribution >= 0.6 is 11.3 Å². The third-order valence-corrected chi connectivity index (χ3v) is 6.21. The van der Waals surface area contributed by atoms with Crippen molar-refractivity contribution in [1.82, 2.24) is 15.0 Å². The van der Waals surface area contributed by atoms with Gasteiger partial charge in [0.1, 0.15) is 6.26 Å². The molecule has 2 aromatic heterocycles. The Kier molecular flexibility index (Phi) is 5.73. The Bertz CT molecular complexity index is 1040. The van der Waals surface area contributed by atoms with Crippen LogP contribution in [-0.2, 0) is 16.6 Å². The van der Waals surface area contributed by atoms with E-state index in [1.165, 1.54) is 29.7 Å². The number of nitrogens with one attached hydrogen (secondary N) is 2. The summed E-state index contributed by atoms with van der Waals surface area (Å²) < 4.78 is 32.1. The van der Waals surface area contributed by atoms with Crippen molar-refractivity contribution in [3.8, 4) is 10.8 Å². The number of nitrogens with zero attached hydrogens (tertiary/aromatic N) is 1. The number of carbonyl (C=O) groups is 1. The number of oxazole rings is 1. The predicted octanol–water partition coefficient (Wildman–Crippen LogP) is 2.94. The zero-order valence-corrected chi connectivity index (χ0v) is 16.5. The van der Waals surface area contributed by atoms with E-state index in [-0.39, 0.29) is 23.9 Å². The summed E-state index contributed by atoms with van der Waals surface area (Å²) in [6.45, 7) is 3.90. The smallest absolute Gasteiger partial charge is 0.251 e. The molecule has 0 radical (unpaired) electrons. The summed E-state index contributed by atoms with van der Waals surface area (Å²) >= 11 is 1.51. The lowest BCUT2D eigenvalue weighted by atomic mass is 10.1. The minimum absolute atomic E-state index is 0.0570. The molecule has 0 aliphatic carbocycles. The van der Waals surface area contributed by atoms with Crippen molar-refractivity contribution >= 4 is 27.3 Å². The first-order valence-corrected chi connectivity index (χ1v) is 10.6. The number of carbonyl (C=O) groups excluding carboxylic acids is 1. The van der Waals surface area contributed by atoms with Gasteiger partial charge in [0.25, 0.3) is 5.91 Å². The second-order valence-corrected chi connectivity index (χ2v) is 8.50. The van der Waals surface area contributed by atoms with Gasteiger partial charge in [-0.3, -0.25) is 4.79 Å². The lowest BCUT2D eigenvalue weighted by molar-refractivity contribution is 0.0949. The number of rotatable bonds is 7. The second kappa shape index (κ2) is 8.03. The van der Waals surface area contributed by atoms with Crippen LogP contribution in [0.4, 0.5) is 0 Å². The van der Waals surface area contributed by atoms with E-state index >= 15 is 0 Å². The van der Waals surface area contributed by atoms with Crippen LogP contribution in [0.25, 0.3) is 10.8 Å². The number of amides is 1. The fourth-order valence-electron chi connectivity index (χ4n) is 2.45. The molecular weight excluding hydrogens is 386 g/mol. The molecule has 0 bridgehead atoms. The van der Waals surface area contributed by atoms with E-state index in [1.54, 1.807) is 19.9 Å². The highest BCUT2D eigenvalue weighted by Gasteiger charge is 2.17. The zero-order valence-electron chi connectivity index (χ0n) is 14.9. The number of aryl methyl sites for hydroxylation is 1. The third-order valence-electron chi connectivity index (χ3n) is 3.81. The van der Waals surface area contributed by atoms with Gasteiger partial charge in [0.2, 0.25) is 15.9 Å². The molecule has 0 fully saturated rings. The van der Waals surface area contributed by atoms with Gasteiger partial charge in [-0.2, -0.15) is 0 Å². The van der Waals surface area contributed by atoms with Crippen LogP contribution < -0.4 is 10.0 Å². The van der Waals surface area contributed by atoms with E-state index in [0.29, 0.717) is 22.7 Å². The Morgan fingerprint density at radius 1 is 1.30 bits per heavy atom. The second-order valence-electron chi connectivity index (χ2n) is 5.78. The van der Waals surface area contributed by atoms with Crippen molar-refractivity contribution < 1.29 is 17.6 Å². The van der Waals surface area contributed by atoms with E-state index in [4.69, 9.17) is 4.42 Å². The molecule has 0 unspecified atom stereocenters. The van der Waals surface area contributed by atoms with E-state index in [1.807, 2.05) is 17.5 Å². The molecule has 7 nitrogen and oxygen atoms in total. The van der Waals surface area contributed by atoms with Crippen molar-refractivity contribution in [2.24, 2.45) is 0 Å². The Morgan fingerprint density at radius 3 is 2.81 bits per heavy atom. The summed E-state index contributed by atoms with van der Waals surface area (Å²) in [6.07, 6.45) is 1.49. The van der Waals surface area contributed by atoms with Crippen molar-refractivity contribution in [3.63, 3.8) is 0 Å². The minimum atomic E-state index is -3.63. The number of benzene rings is 1. The molecule has 0 atom stereocenters. The van der Waals surface area contributed by atoms with Crippen molar-refractivity contribution in [2.75, 3.05) is 6.54 Å². The number of aromatic nitrogens is 1. The van der Waals surface area contributed by atoms with E-state index in [0.717, 1.165) is 4.88 Å². The third kappa shape index (κ3) is 4.44. The minimum Gasteiger partial charge on any atom is -0.443 e. The van der Waals surface area contributed by atoms with Crippen LogP contribution in [0.2, 0.25) is 0 Å². The Labute approximate surface area is 161 Å². The van der Waals surface area contributed by atoms with Gasteiger partial charge in [0.05, 0.1) is 22.0 Å². The molecule has 0 saturated carbocycles. The topological polar surface area (TPSA) is 101 Å². The van der Waals surface area contributed by atoms with Crippen LogP contribution in [0.15, 0.2) is 51.3 Å². The fourth-order valence-corrected chi connectivity index (χ4v) is 4.18. The maximum atomic E-state index is 12.5. The molecule has 2 heterocycles. The average Bonchev–Trinajstić information content (AvgIpc) is 3.31. The fraction of sp³-hybridized carbons (Fsp3) is 0.222. The SMILES string of the molecule is CCNS(=O)(=O)c1ccc(C)c(C(=O)NCc2coc(-c3cccs3)n2)c1. The highest BCUT2D eigenvalue weighted by atomic mass is 32.2. The Balaban J connectivity index is 1.73. The molecular formula is C18H19N3O4S2. The Morgan fingerprint density at radius 2 is 2.11 bits per heavy atom. The molecule has 0 saturated heterocycles. The molecule has 1 amide bonds. The van der Waals surface area contributed by atoms with Crippen LogP contribution in [0, 0.1) is 6.92 Å². The zero-order chi connectivity index (χ0) is 19.4. The molecule has 2 N–H and O–H groups in total. The molecule has 0 aliphatic rings. The van der Waals surface area contributed by atoms with E-state index in [2.05, 4.69) is 15.0 Å². The molecule has 27 heavy (non-hydrogen) atoms. The molecule has 0 aliphatic heterocycles. The first kappa shape index (κ1) is 19.3. The highest BCUT2D eigenvalue weighted by Crippen LogP contribution is 2.23. The lowest BCUT2D eigenvalue weighted by Crippen LogP contribution is -2.26. The van der Waals surface area contributed by atoms with Crippen LogP contribution in [0.5, 0.6) is 0 Å². The lowest BCUT2D eigenvalue weighted by Gasteiger charge is -2.10. The van der Waals surface area contributed by atoms with Crippen LogP contribution in [0.3, 0.4) is 0 Å². The molecule has 0 spiro atoms. The molecule has 3 aromatic rings. The van der Waals surface area contributed by atoms with Gasteiger partial charge >= 0.3 is 0 Å². The predicted molar refractivity (Wildman–Crippen MR) is 103 cm³/mol. The number of thiophene rings is 1. The summed E-state index contributed by atoms with van der Waals surface area (Å²) in [7, 11) is -3.63. The molecule has 9 heteroatoms. The van der Waals surface area contributed by atoms with Crippen LogP contribution in [0.1, 0.15) is 28.5 Å². The van der Waals surface area contributed by atoms with Gasteiger partial charge in [0, 0.05) is 12.1 Å². The number of hydrogen-bond donors (Lipinski definition) is 2. The largest absolute Gasteiger partial charge is 0.443 e. The van der Waals surface area contributed by atoms with Gasteiger partial charge in [0.15, 0.2) is 0 Å².